The molecule has 1 aromatic carbocycles. The van der Waals surface area contributed by atoms with E-state index in [1.165, 1.54) is 11.6 Å². The molecular weight excluding hydrogens is 237 g/mol. The lowest BCUT2D eigenvalue weighted by Gasteiger charge is -2.04. The van der Waals surface area contributed by atoms with E-state index in [9.17, 15) is 4.79 Å². The highest BCUT2D eigenvalue weighted by atomic mass is 35.5. The van der Waals surface area contributed by atoms with Gasteiger partial charge < -0.3 is 4.74 Å². The third-order valence-corrected chi connectivity index (χ3v) is 1.88. The first kappa shape index (κ1) is 11.9. The van der Waals surface area contributed by atoms with Gasteiger partial charge in [-0.25, -0.2) is 4.79 Å². The van der Waals surface area contributed by atoms with Gasteiger partial charge >= 0.3 is 6.09 Å². The van der Waals surface area contributed by atoms with Gasteiger partial charge in [-0.15, -0.1) is 0 Å². The second-order valence-corrected chi connectivity index (χ2v) is 3.28. The Morgan fingerprint density at radius 1 is 1.53 bits per heavy atom. The third-order valence-electron chi connectivity index (χ3n) is 1.47. The zero-order valence-electron chi connectivity index (χ0n) is 7.74. The molecule has 0 saturated carbocycles. The van der Waals surface area contributed by atoms with Crippen LogP contribution < -0.4 is 5.32 Å². The summed E-state index contributed by atoms with van der Waals surface area (Å²) in [4.78, 5) is 11.1. The molecule has 1 rings (SSSR count). The SMILES string of the molecule is O=C(Nc1cccc(Cl)c1)OCC=CCl. The molecule has 0 aliphatic carbocycles. The maximum atomic E-state index is 11.1. The maximum Gasteiger partial charge on any atom is 0.411 e. The van der Waals surface area contributed by atoms with Crippen LogP contribution in [0.1, 0.15) is 0 Å². The molecule has 0 spiro atoms. The number of carbonyl (C=O) groups excluding carboxylic acids is 1. The molecule has 0 aromatic heterocycles. The van der Waals surface area contributed by atoms with Crippen molar-refractivity contribution in [2.24, 2.45) is 0 Å². The Bertz CT molecular complexity index is 366. The number of nitrogens with one attached hydrogen (secondary N) is 1. The largest absolute Gasteiger partial charge is 0.445 e. The predicted molar refractivity (Wildman–Crippen MR) is 61.4 cm³/mol. The van der Waals surface area contributed by atoms with Crippen molar-refractivity contribution < 1.29 is 9.53 Å². The van der Waals surface area contributed by atoms with Gasteiger partial charge in [0.1, 0.15) is 6.61 Å². The molecule has 0 aliphatic rings. The highest BCUT2D eigenvalue weighted by Crippen LogP contribution is 2.14. The van der Waals surface area contributed by atoms with Crippen LogP contribution in [0.25, 0.3) is 0 Å². The number of rotatable bonds is 3. The topological polar surface area (TPSA) is 38.3 Å². The Hall–Kier alpha value is -1.19. The first-order valence-electron chi connectivity index (χ1n) is 4.17. The summed E-state index contributed by atoms with van der Waals surface area (Å²) in [6, 6.07) is 6.79. The van der Waals surface area contributed by atoms with E-state index in [2.05, 4.69) is 5.32 Å². The van der Waals surface area contributed by atoms with Gasteiger partial charge in [-0.3, -0.25) is 5.32 Å². The minimum Gasteiger partial charge on any atom is -0.445 e. The summed E-state index contributed by atoms with van der Waals surface area (Å²) in [5.41, 5.74) is 1.87. The van der Waals surface area contributed by atoms with Gasteiger partial charge in [0.05, 0.1) is 0 Å². The number of hydrogen-bond acceptors (Lipinski definition) is 2. The lowest BCUT2D eigenvalue weighted by molar-refractivity contribution is 0.174. The fourth-order valence-corrected chi connectivity index (χ4v) is 1.14. The first-order valence-corrected chi connectivity index (χ1v) is 4.98. The lowest BCUT2D eigenvalue weighted by atomic mass is 10.3. The number of hydrogen-bond donors (Lipinski definition) is 1. The monoisotopic (exact) mass is 245 g/mol. The van der Waals surface area contributed by atoms with E-state index in [0.717, 1.165) is 0 Å². The molecule has 5 heteroatoms. The average molecular weight is 246 g/mol. The molecule has 1 N–H and O–H groups in total. The Morgan fingerprint density at radius 2 is 2.33 bits per heavy atom. The van der Waals surface area contributed by atoms with Crippen LogP contribution in [-0.4, -0.2) is 12.7 Å². The molecule has 0 bridgehead atoms. The van der Waals surface area contributed by atoms with Gasteiger partial charge in [-0.05, 0) is 24.3 Å². The standard InChI is InChI=1S/C10H9Cl2NO2/c11-5-2-6-15-10(14)13-9-4-1-3-8(12)7-9/h1-5,7H,6H2,(H,13,14). The molecule has 0 unspecified atom stereocenters. The van der Waals surface area contributed by atoms with Crippen LogP contribution in [0.2, 0.25) is 5.02 Å². The molecule has 0 radical (unpaired) electrons. The van der Waals surface area contributed by atoms with Gasteiger partial charge in [-0.1, -0.05) is 29.3 Å². The molecule has 0 heterocycles. The van der Waals surface area contributed by atoms with E-state index < -0.39 is 6.09 Å². The number of halogens is 2. The Kier molecular flexibility index (Phi) is 5.01. The third kappa shape index (κ3) is 4.72. The Balaban J connectivity index is 2.44. The summed E-state index contributed by atoms with van der Waals surface area (Å²) < 4.78 is 4.76. The number of ether oxygens (including phenoxy) is 1. The zero-order chi connectivity index (χ0) is 11.1. The highest BCUT2D eigenvalue weighted by molar-refractivity contribution is 6.30. The smallest absolute Gasteiger partial charge is 0.411 e. The quantitative estimate of drug-likeness (QED) is 0.884. The van der Waals surface area contributed by atoms with E-state index in [1.54, 1.807) is 24.3 Å². The molecule has 80 valence electrons. The van der Waals surface area contributed by atoms with Crippen LogP contribution in [0.3, 0.4) is 0 Å². The molecule has 0 atom stereocenters. The maximum absolute atomic E-state index is 11.1. The van der Waals surface area contributed by atoms with Crippen LogP contribution in [0.15, 0.2) is 35.9 Å². The number of amides is 1. The van der Waals surface area contributed by atoms with E-state index in [-0.39, 0.29) is 6.61 Å². The Morgan fingerprint density at radius 3 is 3.00 bits per heavy atom. The second-order valence-electron chi connectivity index (χ2n) is 2.60. The summed E-state index contributed by atoms with van der Waals surface area (Å²) in [5.74, 6) is 0. The molecule has 0 saturated heterocycles. The first-order chi connectivity index (χ1) is 7.22. The normalized spacial score (nSPS) is 10.3. The van der Waals surface area contributed by atoms with Crippen LogP contribution in [0, 0.1) is 0 Å². The molecule has 1 aromatic rings. The summed E-state index contributed by atoms with van der Waals surface area (Å²) in [7, 11) is 0. The van der Waals surface area contributed by atoms with Gasteiger partial charge in [0.2, 0.25) is 0 Å². The summed E-state index contributed by atoms with van der Waals surface area (Å²) in [6.45, 7) is 0.135. The van der Waals surface area contributed by atoms with Crippen molar-refractivity contribution in [3.05, 3.63) is 40.9 Å². The molecule has 15 heavy (non-hydrogen) atoms. The van der Waals surface area contributed by atoms with E-state index in [0.29, 0.717) is 10.7 Å². The molecule has 1 amide bonds. The fraction of sp³-hybridized carbons (Fsp3) is 0.100. The molecule has 0 aliphatic heterocycles. The predicted octanol–water partition coefficient (Wildman–Crippen LogP) is 3.64. The van der Waals surface area contributed by atoms with E-state index in [4.69, 9.17) is 27.9 Å². The lowest BCUT2D eigenvalue weighted by Crippen LogP contribution is -2.13. The van der Waals surface area contributed by atoms with Gasteiger partial charge in [0, 0.05) is 16.2 Å². The fourth-order valence-electron chi connectivity index (χ4n) is 0.880. The Labute approximate surface area is 97.6 Å². The van der Waals surface area contributed by atoms with Crippen LogP contribution in [0.5, 0.6) is 0 Å². The van der Waals surface area contributed by atoms with Crippen molar-refractivity contribution in [2.45, 2.75) is 0 Å². The number of anilines is 1. The summed E-state index contributed by atoms with van der Waals surface area (Å²) in [5, 5.41) is 3.07. The van der Waals surface area contributed by atoms with Crippen molar-refractivity contribution in [1.82, 2.24) is 0 Å². The van der Waals surface area contributed by atoms with Crippen molar-refractivity contribution in [3.8, 4) is 0 Å². The minimum absolute atomic E-state index is 0.135. The van der Waals surface area contributed by atoms with Crippen LogP contribution in [0.4, 0.5) is 10.5 Å². The van der Waals surface area contributed by atoms with Crippen molar-refractivity contribution in [1.29, 1.82) is 0 Å². The molecular formula is C10H9Cl2NO2. The molecule has 3 nitrogen and oxygen atoms in total. The van der Waals surface area contributed by atoms with Gasteiger partial charge in [0.25, 0.3) is 0 Å². The highest BCUT2D eigenvalue weighted by Gasteiger charge is 2.01. The second kappa shape index (κ2) is 6.32. The summed E-state index contributed by atoms with van der Waals surface area (Å²) >= 11 is 11.0. The van der Waals surface area contributed by atoms with Gasteiger partial charge in [0.15, 0.2) is 0 Å². The van der Waals surface area contributed by atoms with Crippen molar-refractivity contribution in [2.75, 3.05) is 11.9 Å². The number of benzene rings is 1. The van der Waals surface area contributed by atoms with Crippen LogP contribution in [-0.2, 0) is 4.74 Å². The van der Waals surface area contributed by atoms with E-state index >= 15 is 0 Å². The zero-order valence-corrected chi connectivity index (χ0v) is 9.26. The number of carbonyl (C=O) groups is 1. The van der Waals surface area contributed by atoms with E-state index in [1.807, 2.05) is 0 Å². The van der Waals surface area contributed by atoms with Crippen molar-refractivity contribution in [3.63, 3.8) is 0 Å². The van der Waals surface area contributed by atoms with Crippen LogP contribution >= 0.6 is 23.2 Å². The average Bonchev–Trinajstić information content (AvgIpc) is 2.18. The molecule has 0 fully saturated rings. The summed E-state index contributed by atoms with van der Waals surface area (Å²) in [6.07, 6.45) is 0.964. The van der Waals surface area contributed by atoms with Gasteiger partial charge in [-0.2, -0.15) is 0 Å². The minimum atomic E-state index is -0.549. The van der Waals surface area contributed by atoms with Crippen molar-refractivity contribution >= 4 is 35.0 Å².